The van der Waals surface area contributed by atoms with Gasteiger partial charge in [-0.3, -0.25) is 4.79 Å². The molecule has 128 valence electrons. The van der Waals surface area contributed by atoms with Crippen LogP contribution in [-0.2, 0) is 4.79 Å². The van der Waals surface area contributed by atoms with Crippen molar-refractivity contribution in [2.75, 3.05) is 0 Å². The van der Waals surface area contributed by atoms with E-state index >= 15 is 0 Å². The van der Waals surface area contributed by atoms with Crippen LogP contribution in [0.1, 0.15) is 50.5 Å². The van der Waals surface area contributed by atoms with Gasteiger partial charge in [-0.25, -0.2) is 5.43 Å². The summed E-state index contributed by atoms with van der Waals surface area (Å²) < 4.78 is 0. The number of phenols is 2. The van der Waals surface area contributed by atoms with Crippen LogP contribution >= 0.6 is 0 Å². The molecule has 0 atom stereocenters. The summed E-state index contributed by atoms with van der Waals surface area (Å²) in [5.41, 5.74) is 3.27. The molecule has 0 aromatic heterocycles. The number of hydrogen-bond donors (Lipinski definition) is 3. The Labute approximate surface area is 141 Å². The zero-order valence-corrected chi connectivity index (χ0v) is 13.7. The number of nitrogens with one attached hydrogen (secondary N) is 1. The molecule has 4 aliphatic carbocycles. The maximum atomic E-state index is 12.3. The third kappa shape index (κ3) is 2.99. The van der Waals surface area contributed by atoms with Crippen LogP contribution < -0.4 is 5.43 Å². The molecule has 4 saturated carbocycles. The van der Waals surface area contributed by atoms with E-state index in [-0.39, 0.29) is 22.8 Å². The summed E-state index contributed by atoms with van der Waals surface area (Å²) >= 11 is 0. The molecule has 5 rings (SSSR count). The first-order valence-corrected chi connectivity index (χ1v) is 8.85. The quantitative estimate of drug-likeness (QED) is 0.586. The van der Waals surface area contributed by atoms with Crippen molar-refractivity contribution in [3.8, 4) is 11.5 Å². The Morgan fingerprint density at radius 1 is 1.17 bits per heavy atom. The molecule has 5 nitrogen and oxygen atoms in total. The molecule has 4 bridgehead atoms. The van der Waals surface area contributed by atoms with Crippen LogP contribution in [0.4, 0.5) is 0 Å². The number of benzene rings is 1. The Hall–Kier alpha value is -2.04. The number of nitrogens with zero attached hydrogens (tertiary/aromatic N) is 1. The van der Waals surface area contributed by atoms with E-state index in [0.717, 1.165) is 17.8 Å². The SMILES string of the molecule is O=C(CC12CC3CC(CC(C3)C1)C2)N/N=C/c1ccc(O)cc1O. The summed E-state index contributed by atoms with van der Waals surface area (Å²) in [5.74, 6) is 2.40. The molecule has 4 aliphatic rings. The molecule has 0 heterocycles. The second-order valence-electron chi connectivity index (χ2n) is 8.13. The van der Waals surface area contributed by atoms with Crippen molar-refractivity contribution in [3.63, 3.8) is 0 Å². The van der Waals surface area contributed by atoms with Crippen LogP contribution in [0.15, 0.2) is 23.3 Å². The highest BCUT2D eigenvalue weighted by atomic mass is 16.3. The van der Waals surface area contributed by atoms with E-state index in [1.807, 2.05) is 0 Å². The smallest absolute Gasteiger partial charge is 0.240 e. The zero-order valence-electron chi connectivity index (χ0n) is 13.7. The highest BCUT2D eigenvalue weighted by Crippen LogP contribution is 2.61. The van der Waals surface area contributed by atoms with Gasteiger partial charge in [-0.15, -0.1) is 0 Å². The second kappa shape index (κ2) is 5.80. The molecule has 0 radical (unpaired) electrons. The van der Waals surface area contributed by atoms with E-state index in [1.54, 1.807) is 6.07 Å². The number of amides is 1. The van der Waals surface area contributed by atoms with E-state index in [4.69, 9.17) is 0 Å². The predicted molar refractivity (Wildman–Crippen MR) is 90.7 cm³/mol. The number of aromatic hydroxyl groups is 2. The number of hydrazone groups is 1. The van der Waals surface area contributed by atoms with Crippen molar-refractivity contribution < 1.29 is 15.0 Å². The van der Waals surface area contributed by atoms with Crippen molar-refractivity contribution >= 4 is 12.1 Å². The lowest BCUT2D eigenvalue weighted by Crippen LogP contribution is -2.47. The maximum Gasteiger partial charge on any atom is 0.240 e. The van der Waals surface area contributed by atoms with Crippen molar-refractivity contribution in [1.82, 2.24) is 5.43 Å². The summed E-state index contributed by atoms with van der Waals surface area (Å²) in [6, 6.07) is 4.27. The topological polar surface area (TPSA) is 81.9 Å². The second-order valence-corrected chi connectivity index (χ2v) is 8.13. The van der Waals surface area contributed by atoms with Crippen LogP contribution in [0.3, 0.4) is 0 Å². The number of carbonyl (C=O) groups is 1. The fraction of sp³-hybridized carbons (Fsp3) is 0.579. The Bertz CT molecular complexity index is 648. The first kappa shape index (κ1) is 15.5. The molecular weight excluding hydrogens is 304 g/mol. The molecule has 1 amide bonds. The molecule has 1 aromatic carbocycles. The molecule has 3 N–H and O–H groups in total. The van der Waals surface area contributed by atoms with Crippen LogP contribution in [0.5, 0.6) is 11.5 Å². The lowest BCUT2D eigenvalue weighted by Gasteiger charge is -2.56. The summed E-state index contributed by atoms with van der Waals surface area (Å²) in [6.45, 7) is 0. The summed E-state index contributed by atoms with van der Waals surface area (Å²) in [5, 5.41) is 22.9. The van der Waals surface area contributed by atoms with Gasteiger partial charge in [0.25, 0.3) is 0 Å². The highest BCUT2D eigenvalue weighted by molar-refractivity contribution is 5.85. The van der Waals surface area contributed by atoms with Crippen molar-refractivity contribution in [3.05, 3.63) is 23.8 Å². The summed E-state index contributed by atoms with van der Waals surface area (Å²) in [4.78, 5) is 12.3. The molecule has 0 unspecified atom stereocenters. The minimum Gasteiger partial charge on any atom is -0.508 e. The van der Waals surface area contributed by atoms with Crippen molar-refractivity contribution in [1.29, 1.82) is 0 Å². The van der Waals surface area contributed by atoms with E-state index in [1.165, 1.54) is 56.9 Å². The standard InChI is InChI=1S/C19H24N2O3/c22-16-2-1-15(17(23)6-16)11-20-21-18(24)10-19-7-12-3-13(8-19)5-14(4-12)9-19/h1-2,6,11-14,22-23H,3-5,7-10H2,(H,21,24)/b20-11+. The van der Waals surface area contributed by atoms with Gasteiger partial charge >= 0.3 is 0 Å². The van der Waals surface area contributed by atoms with E-state index in [2.05, 4.69) is 10.5 Å². The largest absolute Gasteiger partial charge is 0.508 e. The summed E-state index contributed by atoms with van der Waals surface area (Å²) in [7, 11) is 0. The third-order valence-corrected chi connectivity index (χ3v) is 6.11. The van der Waals surface area contributed by atoms with Gasteiger partial charge in [-0.1, -0.05) is 0 Å². The van der Waals surface area contributed by atoms with Crippen molar-refractivity contribution in [2.45, 2.75) is 44.9 Å². The van der Waals surface area contributed by atoms with Crippen LogP contribution in [-0.4, -0.2) is 22.3 Å². The molecule has 24 heavy (non-hydrogen) atoms. The number of carbonyl (C=O) groups excluding carboxylic acids is 1. The fourth-order valence-electron chi connectivity index (χ4n) is 5.70. The number of phenolic OH excluding ortho intramolecular Hbond substituents is 2. The Kier molecular flexibility index (Phi) is 3.74. The van der Waals surface area contributed by atoms with E-state index in [9.17, 15) is 15.0 Å². The van der Waals surface area contributed by atoms with E-state index in [0.29, 0.717) is 12.0 Å². The molecule has 0 spiro atoms. The van der Waals surface area contributed by atoms with Gasteiger partial charge in [0.1, 0.15) is 11.5 Å². The minimum absolute atomic E-state index is 0.00416. The van der Waals surface area contributed by atoms with Gasteiger partial charge < -0.3 is 10.2 Å². The molecule has 1 aromatic rings. The van der Waals surface area contributed by atoms with Crippen molar-refractivity contribution in [2.24, 2.45) is 28.3 Å². The van der Waals surface area contributed by atoms with Crippen LogP contribution in [0.2, 0.25) is 0 Å². The monoisotopic (exact) mass is 328 g/mol. The van der Waals surface area contributed by atoms with Gasteiger partial charge in [-0.2, -0.15) is 5.10 Å². The highest BCUT2D eigenvalue weighted by Gasteiger charge is 2.51. The molecule has 5 heteroatoms. The average Bonchev–Trinajstić information content (AvgIpc) is 2.47. The van der Waals surface area contributed by atoms with Gasteiger partial charge in [0, 0.05) is 18.1 Å². The van der Waals surface area contributed by atoms with Gasteiger partial charge in [0.2, 0.25) is 5.91 Å². The summed E-state index contributed by atoms with van der Waals surface area (Å²) in [6.07, 6.45) is 9.71. The Morgan fingerprint density at radius 2 is 1.79 bits per heavy atom. The number of rotatable bonds is 4. The van der Waals surface area contributed by atoms with Crippen LogP contribution in [0.25, 0.3) is 0 Å². The number of hydrogen-bond acceptors (Lipinski definition) is 4. The lowest BCUT2D eigenvalue weighted by molar-refractivity contribution is -0.129. The molecular formula is C19H24N2O3. The lowest BCUT2D eigenvalue weighted by atomic mass is 9.49. The first-order chi connectivity index (χ1) is 11.5. The average molecular weight is 328 g/mol. The minimum atomic E-state index is -0.0610. The zero-order chi connectivity index (χ0) is 16.7. The van der Waals surface area contributed by atoms with Crippen LogP contribution in [0, 0.1) is 23.2 Å². The molecule has 4 fully saturated rings. The fourth-order valence-corrected chi connectivity index (χ4v) is 5.70. The van der Waals surface area contributed by atoms with E-state index < -0.39 is 0 Å². The Morgan fingerprint density at radius 3 is 2.38 bits per heavy atom. The molecule has 0 aliphatic heterocycles. The molecule has 0 saturated heterocycles. The van der Waals surface area contributed by atoms with Gasteiger partial charge in [0.15, 0.2) is 0 Å². The normalized spacial score (nSPS) is 33.9. The Balaban J connectivity index is 1.36. The third-order valence-electron chi connectivity index (χ3n) is 6.11. The first-order valence-electron chi connectivity index (χ1n) is 8.85. The van der Waals surface area contributed by atoms with Gasteiger partial charge in [-0.05, 0) is 73.8 Å². The van der Waals surface area contributed by atoms with Gasteiger partial charge in [0.05, 0.1) is 6.21 Å². The predicted octanol–water partition coefficient (Wildman–Crippen LogP) is 3.15. The maximum absolute atomic E-state index is 12.3.